The highest BCUT2D eigenvalue weighted by molar-refractivity contribution is 5.86. The zero-order valence-electron chi connectivity index (χ0n) is 12.6. The zero-order chi connectivity index (χ0) is 17.3. The van der Waals surface area contributed by atoms with Gasteiger partial charge in [-0.25, -0.2) is 0 Å². The van der Waals surface area contributed by atoms with E-state index in [4.69, 9.17) is 5.73 Å². The molecule has 0 saturated heterocycles. The number of hydrazine groups is 1. The van der Waals surface area contributed by atoms with Crippen LogP contribution in [0.3, 0.4) is 0 Å². The third kappa shape index (κ3) is 3.16. The van der Waals surface area contributed by atoms with Crippen molar-refractivity contribution in [3.05, 3.63) is 76.7 Å². The largest absolute Gasteiger partial charge is 0.412 e. The maximum Gasteiger partial charge on any atom is 0.412 e. The van der Waals surface area contributed by atoms with E-state index in [0.29, 0.717) is 16.1 Å². The van der Waals surface area contributed by atoms with E-state index in [1.54, 1.807) is 18.2 Å². The fraction of sp³-hybridized carbons (Fsp3) is 0.176. The number of benzene rings is 2. The molecule has 0 radical (unpaired) electrons. The molecule has 1 heterocycles. The number of nitrogens with zero attached hydrogens (tertiary/aromatic N) is 2. The molecular formula is C17H15F3N3O+. The molecule has 0 aliphatic carbocycles. The Morgan fingerprint density at radius 2 is 1.67 bits per heavy atom. The second kappa shape index (κ2) is 6.09. The number of hydrogen-bond donors (Lipinski definition) is 1. The first kappa shape index (κ1) is 16.2. The van der Waals surface area contributed by atoms with Gasteiger partial charge in [-0.2, -0.15) is 13.2 Å². The van der Waals surface area contributed by atoms with Crippen LogP contribution in [0.2, 0.25) is 0 Å². The molecule has 124 valence electrons. The summed E-state index contributed by atoms with van der Waals surface area (Å²) in [6.07, 6.45) is -4.28. The molecule has 4 nitrogen and oxygen atoms in total. The summed E-state index contributed by atoms with van der Waals surface area (Å²) in [5.74, 6) is 0. The summed E-state index contributed by atoms with van der Waals surface area (Å²) in [6, 6.07) is 15.6. The summed E-state index contributed by atoms with van der Waals surface area (Å²) in [4.78, 5) is 12.5. The minimum Gasteiger partial charge on any atom is -0.263 e. The van der Waals surface area contributed by atoms with E-state index in [2.05, 4.69) is 0 Å². The van der Waals surface area contributed by atoms with Crippen LogP contribution in [0.25, 0.3) is 5.57 Å². The molecule has 0 fully saturated rings. The normalized spacial score (nSPS) is 18.0. The fourth-order valence-electron chi connectivity index (χ4n) is 2.71. The second-order valence-corrected chi connectivity index (χ2v) is 5.43. The summed E-state index contributed by atoms with van der Waals surface area (Å²) in [7, 11) is 0. The molecule has 0 amide bonds. The van der Waals surface area contributed by atoms with E-state index in [-0.39, 0.29) is 10.6 Å². The van der Waals surface area contributed by atoms with Crippen molar-refractivity contribution < 1.29 is 18.0 Å². The average molecular weight is 334 g/mol. The molecular weight excluding hydrogens is 319 g/mol. The van der Waals surface area contributed by atoms with Gasteiger partial charge in [-0.1, -0.05) is 53.5 Å². The lowest BCUT2D eigenvalue weighted by atomic mass is 9.96. The molecule has 1 unspecified atom stereocenters. The molecule has 3 rings (SSSR count). The van der Waals surface area contributed by atoms with Crippen molar-refractivity contribution in [3.8, 4) is 0 Å². The SMILES string of the molecule is NC1C=C(c2ccccc2)c2ccccc2N(CC(F)(F)F)[N+]1=O. The van der Waals surface area contributed by atoms with E-state index in [1.165, 1.54) is 12.1 Å². The third-order valence-corrected chi connectivity index (χ3v) is 3.72. The molecule has 2 N–H and O–H groups in total. The van der Waals surface area contributed by atoms with Gasteiger partial charge in [0.25, 0.3) is 0 Å². The van der Waals surface area contributed by atoms with Gasteiger partial charge in [0, 0.05) is 11.6 Å². The van der Waals surface area contributed by atoms with Crippen LogP contribution in [0.4, 0.5) is 18.9 Å². The highest BCUT2D eigenvalue weighted by Crippen LogP contribution is 2.35. The van der Waals surface area contributed by atoms with Gasteiger partial charge in [0.2, 0.25) is 0 Å². The Labute approximate surface area is 136 Å². The van der Waals surface area contributed by atoms with Crippen LogP contribution in [0.15, 0.2) is 60.7 Å². The van der Waals surface area contributed by atoms with Gasteiger partial charge in [0.15, 0.2) is 6.54 Å². The van der Waals surface area contributed by atoms with Crippen molar-refractivity contribution in [2.24, 2.45) is 5.73 Å². The van der Waals surface area contributed by atoms with Gasteiger partial charge in [0.1, 0.15) is 10.6 Å². The predicted molar refractivity (Wildman–Crippen MR) is 85.0 cm³/mol. The van der Waals surface area contributed by atoms with E-state index in [1.807, 2.05) is 30.3 Å². The van der Waals surface area contributed by atoms with Gasteiger partial charge in [-0.05, 0) is 17.2 Å². The number of anilines is 1. The lowest BCUT2D eigenvalue weighted by Crippen LogP contribution is -2.47. The quantitative estimate of drug-likeness (QED) is 0.856. The number of halogens is 3. The summed E-state index contributed by atoms with van der Waals surface area (Å²) < 4.78 is 38.8. The molecule has 0 aromatic heterocycles. The predicted octanol–water partition coefficient (Wildman–Crippen LogP) is 3.48. The van der Waals surface area contributed by atoms with Crippen LogP contribution < -0.4 is 10.7 Å². The Hall–Kier alpha value is -2.67. The molecule has 1 aliphatic rings. The number of nitrogens with two attached hydrogens (primary N) is 1. The lowest BCUT2D eigenvalue weighted by Gasteiger charge is -2.18. The number of para-hydroxylation sites is 1. The van der Waals surface area contributed by atoms with Gasteiger partial charge in [0.05, 0.1) is 4.91 Å². The van der Waals surface area contributed by atoms with Crippen LogP contribution >= 0.6 is 0 Å². The third-order valence-electron chi connectivity index (χ3n) is 3.72. The van der Waals surface area contributed by atoms with Gasteiger partial charge < -0.3 is 0 Å². The van der Waals surface area contributed by atoms with Crippen LogP contribution in [-0.2, 0) is 0 Å². The van der Waals surface area contributed by atoms with Crippen LogP contribution in [0.5, 0.6) is 0 Å². The van der Waals surface area contributed by atoms with Crippen LogP contribution in [-0.4, -0.2) is 23.8 Å². The molecule has 1 aliphatic heterocycles. The minimum absolute atomic E-state index is 0.169. The maximum absolute atomic E-state index is 12.9. The standard InChI is InChI=1S/C17H15F3N3O/c18-17(19,20)11-22-15-9-5-4-8-13(15)14(10-16(21)23(22)24)12-6-2-1-3-7-12/h1-10,16H,11,21H2/q+1. The molecule has 7 heteroatoms. The second-order valence-electron chi connectivity index (χ2n) is 5.43. The summed E-state index contributed by atoms with van der Waals surface area (Å²) in [5.41, 5.74) is 7.94. The van der Waals surface area contributed by atoms with E-state index < -0.39 is 18.9 Å². The maximum atomic E-state index is 12.9. The van der Waals surface area contributed by atoms with E-state index in [0.717, 1.165) is 5.56 Å². The van der Waals surface area contributed by atoms with Gasteiger partial charge in [-0.15, -0.1) is 0 Å². The Bertz CT molecular complexity index is 787. The minimum atomic E-state index is -4.53. The average Bonchev–Trinajstić information content (AvgIpc) is 2.65. The molecule has 1 atom stereocenters. The fourth-order valence-corrected chi connectivity index (χ4v) is 2.71. The number of nitroso groups, excluding NO2 is 1. The first-order chi connectivity index (χ1) is 11.4. The van der Waals surface area contributed by atoms with Crippen molar-refractivity contribution in [1.29, 1.82) is 0 Å². The first-order valence-electron chi connectivity index (χ1n) is 7.29. The van der Waals surface area contributed by atoms with Crippen LogP contribution in [0.1, 0.15) is 11.1 Å². The zero-order valence-corrected chi connectivity index (χ0v) is 12.6. The van der Waals surface area contributed by atoms with Crippen LogP contribution in [0, 0.1) is 4.91 Å². The molecule has 0 bridgehead atoms. The molecule has 2 aromatic carbocycles. The Morgan fingerprint density at radius 3 is 2.33 bits per heavy atom. The smallest absolute Gasteiger partial charge is 0.263 e. The number of hydrogen-bond acceptors (Lipinski definition) is 2. The molecule has 24 heavy (non-hydrogen) atoms. The topological polar surface area (TPSA) is 49.3 Å². The highest BCUT2D eigenvalue weighted by Gasteiger charge is 2.42. The summed E-state index contributed by atoms with van der Waals surface area (Å²) in [5, 5.41) is 0.631. The molecule has 0 saturated carbocycles. The van der Waals surface area contributed by atoms with Crippen molar-refractivity contribution in [2.45, 2.75) is 12.3 Å². The van der Waals surface area contributed by atoms with Gasteiger partial charge >= 0.3 is 12.3 Å². The van der Waals surface area contributed by atoms with Crippen molar-refractivity contribution in [2.75, 3.05) is 11.6 Å². The van der Waals surface area contributed by atoms with Crippen molar-refractivity contribution in [3.63, 3.8) is 0 Å². The molecule has 0 spiro atoms. The lowest BCUT2D eigenvalue weighted by molar-refractivity contribution is -0.589. The van der Waals surface area contributed by atoms with Crippen molar-refractivity contribution in [1.82, 2.24) is 0 Å². The Kier molecular flexibility index (Phi) is 4.11. The molecule has 2 aromatic rings. The first-order valence-corrected chi connectivity index (χ1v) is 7.29. The number of alkyl halides is 3. The number of fused-ring (bicyclic) bond motifs is 1. The summed E-state index contributed by atoms with van der Waals surface area (Å²) >= 11 is 0. The highest BCUT2D eigenvalue weighted by atomic mass is 19.4. The van der Waals surface area contributed by atoms with Crippen molar-refractivity contribution >= 4 is 11.3 Å². The van der Waals surface area contributed by atoms with E-state index in [9.17, 15) is 18.1 Å². The van der Waals surface area contributed by atoms with E-state index >= 15 is 0 Å². The van der Waals surface area contributed by atoms with Gasteiger partial charge in [-0.3, -0.25) is 5.73 Å². The Morgan fingerprint density at radius 1 is 1.04 bits per heavy atom. The summed E-state index contributed by atoms with van der Waals surface area (Å²) in [6.45, 7) is -1.41. The Balaban J connectivity index is 2.17. The number of rotatable bonds is 2. The monoisotopic (exact) mass is 334 g/mol.